The first-order valence-electron chi connectivity index (χ1n) is 7.48. The fourth-order valence-electron chi connectivity index (χ4n) is 2.58. The van der Waals surface area contributed by atoms with Crippen molar-refractivity contribution in [3.8, 4) is 16.5 Å². The molecule has 0 saturated carbocycles. The molecule has 3 rings (SSSR count). The number of hydrogen-bond donors (Lipinski definition) is 0. The van der Waals surface area contributed by atoms with Crippen molar-refractivity contribution in [1.82, 2.24) is 14.8 Å². The van der Waals surface area contributed by atoms with E-state index < -0.39 is 28.8 Å². The van der Waals surface area contributed by atoms with E-state index in [1.54, 1.807) is 25.5 Å². The van der Waals surface area contributed by atoms with Crippen LogP contribution in [0.2, 0.25) is 0 Å². The van der Waals surface area contributed by atoms with Crippen molar-refractivity contribution in [2.24, 2.45) is 7.05 Å². The van der Waals surface area contributed by atoms with Crippen LogP contribution in [0.5, 0.6) is 5.75 Å². The molecule has 0 unspecified atom stereocenters. The van der Waals surface area contributed by atoms with Gasteiger partial charge in [-0.25, -0.2) is 13.2 Å². The number of benzene rings is 1. The molecule has 0 amide bonds. The predicted octanol–water partition coefficient (Wildman–Crippen LogP) is 4.58. The van der Waals surface area contributed by atoms with E-state index >= 15 is 0 Å². The van der Waals surface area contributed by atoms with Crippen molar-refractivity contribution in [2.75, 3.05) is 0 Å². The van der Waals surface area contributed by atoms with E-state index in [2.05, 4.69) is 10.2 Å². The third-order valence-electron chi connectivity index (χ3n) is 3.80. The number of rotatable bonds is 4. The molecule has 25 heavy (non-hydrogen) atoms. The monoisotopic (exact) mass is 367 g/mol. The third kappa shape index (κ3) is 3.13. The Kier molecular flexibility index (Phi) is 4.32. The molecule has 0 aliphatic rings. The van der Waals surface area contributed by atoms with Crippen molar-refractivity contribution >= 4 is 11.3 Å². The molecule has 2 aromatic heterocycles. The Morgan fingerprint density at radius 3 is 2.32 bits per heavy atom. The van der Waals surface area contributed by atoms with Crippen LogP contribution in [0.4, 0.5) is 13.2 Å². The number of nitrogens with zero attached hydrogens (tertiary/aromatic N) is 3. The number of hydrogen-bond acceptors (Lipinski definition) is 4. The van der Waals surface area contributed by atoms with Crippen molar-refractivity contribution in [1.29, 1.82) is 0 Å². The van der Waals surface area contributed by atoms with Crippen LogP contribution in [0.3, 0.4) is 0 Å². The van der Waals surface area contributed by atoms with Gasteiger partial charge in [0.15, 0.2) is 34.6 Å². The Balaban J connectivity index is 1.99. The van der Waals surface area contributed by atoms with Gasteiger partial charge in [-0.2, -0.15) is 0 Å². The molecule has 4 nitrogen and oxygen atoms in total. The highest BCUT2D eigenvalue weighted by Gasteiger charge is 2.32. The minimum Gasteiger partial charge on any atom is -0.474 e. The minimum atomic E-state index is -1.19. The second-order valence-electron chi connectivity index (χ2n) is 6.15. The molecule has 2 heterocycles. The molecular weight excluding hydrogens is 351 g/mol. The summed E-state index contributed by atoms with van der Waals surface area (Å²) in [6, 6.07) is 3.12. The van der Waals surface area contributed by atoms with Gasteiger partial charge in [0.25, 0.3) is 0 Å². The van der Waals surface area contributed by atoms with E-state index in [1.807, 2.05) is 18.4 Å². The van der Waals surface area contributed by atoms with Crippen LogP contribution in [0.15, 0.2) is 23.6 Å². The summed E-state index contributed by atoms with van der Waals surface area (Å²) in [4.78, 5) is 0.955. The van der Waals surface area contributed by atoms with Gasteiger partial charge in [-0.1, -0.05) is 0 Å². The molecule has 0 radical (unpaired) electrons. The van der Waals surface area contributed by atoms with Crippen molar-refractivity contribution in [3.05, 3.63) is 52.4 Å². The van der Waals surface area contributed by atoms with Gasteiger partial charge < -0.3 is 9.30 Å². The molecule has 0 bridgehead atoms. The zero-order valence-electron chi connectivity index (χ0n) is 14.1. The quantitative estimate of drug-likeness (QED) is 0.677. The van der Waals surface area contributed by atoms with Gasteiger partial charge in [0, 0.05) is 19.2 Å². The number of thiophene rings is 1. The zero-order valence-corrected chi connectivity index (χ0v) is 14.9. The molecule has 0 fully saturated rings. The van der Waals surface area contributed by atoms with Crippen LogP contribution < -0.4 is 4.74 Å². The van der Waals surface area contributed by atoms with E-state index in [1.165, 1.54) is 11.3 Å². The van der Waals surface area contributed by atoms with Gasteiger partial charge in [-0.3, -0.25) is 0 Å². The maximum atomic E-state index is 13.9. The van der Waals surface area contributed by atoms with Gasteiger partial charge in [-0.15, -0.1) is 21.5 Å². The second-order valence-corrected chi connectivity index (χ2v) is 7.07. The summed E-state index contributed by atoms with van der Waals surface area (Å²) in [6.45, 7) is 5.19. The summed E-state index contributed by atoms with van der Waals surface area (Å²) in [5, 5.41) is 10.3. The van der Waals surface area contributed by atoms with E-state index in [0.717, 1.165) is 10.4 Å². The molecule has 8 heteroatoms. The van der Waals surface area contributed by atoms with E-state index in [4.69, 9.17) is 4.74 Å². The van der Waals surface area contributed by atoms with Gasteiger partial charge in [0.05, 0.1) is 4.88 Å². The summed E-state index contributed by atoms with van der Waals surface area (Å²) in [5.74, 6) is -2.85. The second kappa shape index (κ2) is 6.18. The van der Waals surface area contributed by atoms with E-state index in [0.29, 0.717) is 23.8 Å². The average molecular weight is 367 g/mol. The van der Waals surface area contributed by atoms with Gasteiger partial charge >= 0.3 is 0 Å². The Morgan fingerprint density at radius 1 is 1.12 bits per heavy atom. The third-order valence-corrected chi connectivity index (χ3v) is 4.81. The maximum Gasteiger partial charge on any atom is 0.192 e. The van der Waals surface area contributed by atoms with Crippen LogP contribution in [0.1, 0.15) is 25.2 Å². The molecular formula is C17H16F3N3OS. The summed E-state index contributed by atoms with van der Waals surface area (Å²) < 4.78 is 48.1. The number of aromatic nitrogens is 3. The Labute approximate surface area is 146 Å². The van der Waals surface area contributed by atoms with Crippen LogP contribution in [0, 0.1) is 24.4 Å². The van der Waals surface area contributed by atoms with Gasteiger partial charge in [0.1, 0.15) is 5.82 Å². The van der Waals surface area contributed by atoms with Crippen LogP contribution in [0.25, 0.3) is 10.7 Å². The molecule has 3 aromatic rings. The number of aryl methyl sites for hydroxylation is 1. The lowest BCUT2D eigenvalue weighted by atomic mass is 10.1. The Hall–Kier alpha value is -2.35. The highest BCUT2D eigenvalue weighted by atomic mass is 32.1. The predicted molar refractivity (Wildman–Crippen MR) is 89.0 cm³/mol. The van der Waals surface area contributed by atoms with Gasteiger partial charge in [-0.05, 0) is 37.8 Å². The summed E-state index contributed by atoms with van der Waals surface area (Å²) in [7, 11) is 1.76. The first kappa shape index (κ1) is 17.5. The largest absolute Gasteiger partial charge is 0.474 e. The van der Waals surface area contributed by atoms with Crippen LogP contribution in [-0.4, -0.2) is 14.8 Å². The number of ether oxygens (including phenoxy) is 1. The minimum absolute atomic E-state index is 0.387. The van der Waals surface area contributed by atoms with Crippen molar-refractivity contribution in [2.45, 2.75) is 26.4 Å². The highest BCUT2D eigenvalue weighted by Crippen LogP contribution is 2.34. The summed E-state index contributed by atoms with van der Waals surface area (Å²) >= 11 is 1.53. The smallest absolute Gasteiger partial charge is 0.192 e. The maximum absolute atomic E-state index is 13.9. The lowest BCUT2D eigenvalue weighted by molar-refractivity contribution is 0.0833. The molecule has 132 valence electrons. The first-order valence-corrected chi connectivity index (χ1v) is 8.36. The number of halogens is 3. The molecule has 0 aliphatic carbocycles. The summed E-state index contributed by atoms with van der Waals surface area (Å²) in [6.07, 6.45) is 0. The lowest BCUT2D eigenvalue weighted by Crippen LogP contribution is -2.30. The standard InChI is InChI=1S/C17H16F3N3OS/c1-9-5-6-25-14(9)15-21-22-16(23(15)4)17(2,3)24-13-11(19)7-10(18)8-12(13)20/h5-8H,1-4H3. The summed E-state index contributed by atoms with van der Waals surface area (Å²) in [5.41, 5.74) is -0.133. The lowest BCUT2D eigenvalue weighted by Gasteiger charge is -2.26. The fraction of sp³-hybridized carbons (Fsp3) is 0.294. The zero-order chi connectivity index (χ0) is 18.4. The fourth-order valence-corrected chi connectivity index (χ4v) is 3.53. The first-order chi connectivity index (χ1) is 11.7. The molecule has 1 aromatic carbocycles. The highest BCUT2D eigenvalue weighted by molar-refractivity contribution is 7.13. The molecule has 0 N–H and O–H groups in total. The normalized spacial score (nSPS) is 11.8. The molecule has 0 spiro atoms. The Morgan fingerprint density at radius 2 is 1.76 bits per heavy atom. The van der Waals surface area contributed by atoms with Crippen LogP contribution >= 0.6 is 11.3 Å². The van der Waals surface area contributed by atoms with Crippen molar-refractivity contribution < 1.29 is 17.9 Å². The van der Waals surface area contributed by atoms with Gasteiger partial charge in [0.2, 0.25) is 0 Å². The topological polar surface area (TPSA) is 39.9 Å². The van der Waals surface area contributed by atoms with E-state index in [-0.39, 0.29) is 0 Å². The SMILES string of the molecule is Cc1ccsc1-c1nnc(C(C)(C)Oc2c(F)cc(F)cc2F)n1C. The molecule has 0 aliphatic heterocycles. The van der Waals surface area contributed by atoms with Crippen molar-refractivity contribution in [3.63, 3.8) is 0 Å². The Bertz CT molecular complexity index is 910. The molecule has 0 atom stereocenters. The average Bonchev–Trinajstić information content (AvgIpc) is 3.09. The van der Waals surface area contributed by atoms with E-state index in [9.17, 15) is 13.2 Å². The molecule has 0 saturated heterocycles. The van der Waals surface area contributed by atoms with Crippen LogP contribution in [-0.2, 0) is 12.6 Å².